The van der Waals surface area contributed by atoms with Gasteiger partial charge in [0.2, 0.25) is 5.91 Å². The Morgan fingerprint density at radius 3 is 1.49 bits per heavy atom. The van der Waals surface area contributed by atoms with E-state index in [9.17, 15) is 34.6 Å². The lowest BCUT2D eigenvalue weighted by Crippen LogP contribution is -2.20. The molecule has 0 bridgehead atoms. The molecule has 0 spiro atoms. The number of carbonyl (C=O) groups is 3. The van der Waals surface area contributed by atoms with Crippen LogP contribution in [0.5, 0.6) is 0 Å². The topological polar surface area (TPSA) is 168 Å². The summed E-state index contributed by atoms with van der Waals surface area (Å²) in [4.78, 5) is 59.8. The lowest BCUT2D eigenvalue weighted by atomic mass is 10.1. The fourth-order valence-corrected chi connectivity index (χ4v) is 7.68. The number of nitrogens with zero attached hydrogens (tertiary/aromatic N) is 2. The first kappa shape index (κ1) is 30.6. The van der Waals surface area contributed by atoms with Crippen LogP contribution in [-0.2, 0) is 27.5 Å². The van der Waals surface area contributed by atoms with Gasteiger partial charge in [0.25, 0.3) is 11.4 Å². The molecule has 0 heterocycles. The van der Waals surface area contributed by atoms with Crippen molar-refractivity contribution >= 4 is 103 Å². The number of ether oxygens (including phenoxy) is 2. The van der Waals surface area contributed by atoms with Crippen molar-refractivity contribution in [3.8, 4) is 0 Å². The third kappa shape index (κ3) is 7.18. The predicted molar refractivity (Wildman–Crippen MR) is 163 cm³/mol. The number of esters is 2. The Morgan fingerprint density at radius 2 is 1.13 bits per heavy atom. The molecule has 0 saturated carbocycles. The number of nitro groups is 2. The van der Waals surface area contributed by atoms with E-state index < -0.39 is 40.9 Å². The van der Waals surface area contributed by atoms with Gasteiger partial charge in [-0.15, -0.1) is 0 Å². The third-order valence-corrected chi connectivity index (χ3v) is 8.36. The number of rotatable bonds is 9. The molecule has 0 aromatic heterocycles. The molecule has 0 atom stereocenters. The maximum Gasteiger partial charge on any atom is 0.340 e. The van der Waals surface area contributed by atoms with Crippen molar-refractivity contribution in [2.75, 3.05) is 5.32 Å². The molecule has 12 nitrogen and oxygen atoms in total. The smallest absolute Gasteiger partial charge is 0.340 e. The normalized spacial score (nSPS) is 10.5. The van der Waals surface area contributed by atoms with Crippen LogP contribution >= 0.6 is 67.8 Å². The minimum atomic E-state index is -0.891. The van der Waals surface area contributed by atoms with E-state index in [2.05, 4.69) is 5.32 Å². The number of hydrogen-bond acceptors (Lipinski definition) is 9. The van der Waals surface area contributed by atoms with Crippen LogP contribution in [0.15, 0.2) is 48.5 Å². The van der Waals surface area contributed by atoms with Gasteiger partial charge in [0.1, 0.15) is 13.2 Å². The lowest BCUT2D eigenvalue weighted by molar-refractivity contribution is -0.386. The van der Waals surface area contributed by atoms with E-state index in [1.165, 1.54) is 43.3 Å². The summed E-state index contributed by atoms with van der Waals surface area (Å²) in [7, 11) is 0. The second-order valence-electron chi connectivity index (χ2n) is 7.67. The van der Waals surface area contributed by atoms with E-state index >= 15 is 0 Å². The highest BCUT2D eigenvalue weighted by molar-refractivity contribution is 14.1. The standard InChI is InChI=1S/C24H16I3N3O9/c1-12(31)28-22-20(26)17(23(32)38-10-13-6-2-4-8-15(13)29(34)35)19(25)18(21(22)27)24(33)39-11-14-7-3-5-9-16(14)30(36)37/h2-9H,10-11H2,1H3,(H,28,31). The van der Waals surface area contributed by atoms with Crippen molar-refractivity contribution in [1.29, 1.82) is 0 Å². The number of amides is 1. The van der Waals surface area contributed by atoms with Gasteiger partial charge in [-0.25, -0.2) is 9.59 Å². The molecule has 0 radical (unpaired) electrons. The monoisotopic (exact) mass is 871 g/mol. The summed E-state index contributed by atoms with van der Waals surface area (Å²) in [5.41, 5.74) is -0.0753. The van der Waals surface area contributed by atoms with Crippen LogP contribution in [0.1, 0.15) is 38.8 Å². The Bertz CT molecular complexity index is 1410. The second-order valence-corrected chi connectivity index (χ2v) is 10.9. The van der Waals surface area contributed by atoms with Crippen LogP contribution in [0.2, 0.25) is 0 Å². The van der Waals surface area contributed by atoms with Crippen LogP contribution in [0.4, 0.5) is 17.1 Å². The number of anilines is 1. The molecule has 3 aromatic rings. The second kappa shape index (κ2) is 13.4. The van der Waals surface area contributed by atoms with Crippen LogP contribution in [-0.4, -0.2) is 27.7 Å². The van der Waals surface area contributed by atoms with Crippen molar-refractivity contribution in [1.82, 2.24) is 0 Å². The fourth-order valence-electron chi connectivity index (χ4n) is 3.36. The van der Waals surface area contributed by atoms with Gasteiger partial charge in [-0.2, -0.15) is 0 Å². The molecule has 1 N–H and O–H groups in total. The molecule has 0 aliphatic carbocycles. The van der Waals surface area contributed by atoms with Gasteiger partial charge in [-0.1, -0.05) is 24.3 Å². The number of halogens is 3. The van der Waals surface area contributed by atoms with Gasteiger partial charge in [0, 0.05) is 22.6 Å². The van der Waals surface area contributed by atoms with E-state index in [0.717, 1.165) is 0 Å². The Hall–Kier alpha value is -2.94. The van der Waals surface area contributed by atoms with E-state index in [1.54, 1.807) is 34.7 Å². The van der Waals surface area contributed by atoms with Gasteiger partial charge >= 0.3 is 11.9 Å². The molecule has 3 rings (SSSR count). The van der Waals surface area contributed by atoms with Crippen LogP contribution in [0.25, 0.3) is 0 Å². The Balaban J connectivity index is 2.00. The Morgan fingerprint density at radius 1 is 0.744 bits per heavy atom. The molecule has 3 aromatic carbocycles. The molecule has 1 amide bonds. The summed E-state index contributed by atoms with van der Waals surface area (Å²) in [6.07, 6.45) is 0. The van der Waals surface area contributed by atoms with Gasteiger partial charge in [-0.3, -0.25) is 25.0 Å². The average molecular weight is 871 g/mol. The Labute approximate surface area is 261 Å². The minimum Gasteiger partial charge on any atom is -0.457 e. The maximum atomic E-state index is 13.2. The van der Waals surface area contributed by atoms with Crippen molar-refractivity contribution in [2.24, 2.45) is 0 Å². The molecule has 0 fully saturated rings. The van der Waals surface area contributed by atoms with Gasteiger partial charge in [0.05, 0.1) is 44.9 Å². The van der Waals surface area contributed by atoms with Gasteiger partial charge in [0.15, 0.2) is 0 Å². The summed E-state index contributed by atoms with van der Waals surface area (Å²) >= 11 is 5.44. The molecule has 0 saturated heterocycles. The first-order chi connectivity index (χ1) is 18.4. The quantitative estimate of drug-likeness (QED) is 0.118. The Kier molecular flexibility index (Phi) is 10.5. The third-order valence-electron chi connectivity index (χ3n) is 5.12. The number of hydrogen-bond donors (Lipinski definition) is 1. The molecule has 0 unspecified atom stereocenters. The van der Waals surface area contributed by atoms with Gasteiger partial charge in [-0.05, 0) is 79.9 Å². The zero-order valence-corrected chi connectivity index (χ0v) is 26.2. The highest BCUT2D eigenvalue weighted by atomic mass is 127. The van der Waals surface area contributed by atoms with Crippen LogP contribution in [0, 0.1) is 30.9 Å². The fraction of sp³-hybridized carbons (Fsp3) is 0.125. The zero-order chi connectivity index (χ0) is 28.9. The van der Waals surface area contributed by atoms with Crippen molar-refractivity contribution in [3.05, 3.63) is 102 Å². The summed E-state index contributed by atoms with van der Waals surface area (Å²) in [6.45, 7) is 0.422. The average Bonchev–Trinajstić information content (AvgIpc) is 2.88. The number of nitro benzene ring substituents is 2. The van der Waals surface area contributed by atoms with Crippen molar-refractivity contribution < 1.29 is 33.7 Å². The molecule has 15 heteroatoms. The predicted octanol–water partition coefficient (Wildman–Crippen LogP) is 5.99. The summed E-state index contributed by atoms with van der Waals surface area (Å²) in [5, 5.41) is 25.2. The molecule has 202 valence electrons. The SMILES string of the molecule is CC(=O)Nc1c(I)c(C(=O)OCc2ccccc2[N+](=O)[O-])c(I)c(C(=O)OCc2ccccc2[N+](=O)[O-])c1I. The lowest BCUT2D eigenvalue weighted by Gasteiger charge is -2.18. The first-order valence-electron chi connectivity index (χ1n) is 10.7. The highest BCUT2D eigenvalue weighted by Crippen LogP contribution is 2.37. The molecular weight excluding hydrogens is 855 g/mol. The molecule has 0 aliphatic rings. The highest BCUT2D eigenvalue weighted by Gasteiger charge is 2.30. The summed E-state index contributed by atoms with van der Waals surface area (Å²) in [5.74, 6) is -2.25. The zero-order valence-electron chi connectivity index (χ0n) is 19.7. The van der Waals surface area contributed by atoms with Crippen molar-refractivity contribution in [3.63, 3.8) is 0 Å². The number of benzene rings is 3. The first-order valence-corrected chi connectivity index (χ1v) is 13.9. The number of carbonyl (C=O) groups excluding carboxylic acids is 3. The van der Waals surface area contributed by atoms with E-state index in [0.29, 0.717) is 0 Å². The van der Waals surface area contributed by atoms with Crippen LogP contribution in [0.3, 0.4) is 0 Å². The van der Waals surface area contributed by atoms with E-state index in [-0.39, 0.29) is 50.0 Å². The van der Waals surface area contributed by atoms with Gasteiger partial charge < -0.3 is 14.8 Å². The number of para-hydroxylation sites is 2. The van der Waals surface area contributed by atoms with Crippen molar-refractivity contribution in [2.45, 2.75) is 20.1 Å². The van der Waals surface area contributed by atoms with E-state index in [1.807, 2.05) is 45.2 Å². The molecular formula is C24H16I3N3O9. The van der Waals surface area contributed by atoms with Crippen LogP contribution < -0.4 is 5.32 Å². The molecule has 39 heavy (non-hydrogen) atoms. The largest absolute Gasteiger partial charge is 0.457 e. The maximum absolute atomic E-state index is 13.2. The summed E-state index contributed by atoms with van der Waals surface area (Å²) < 4.78 is 11.5. The minimum absolute atomic E-state index is 0.0587. The molecule has 0 aliphatic heterocycles. The number of nitrogens with one attached hydrogen (secondary N) is 1. The van der Waals surface area contributed by atoms with E-state index in [4.69, 9.17) is 9.47 Å². The summed E-state index contributed by atoms with van der Waals surface area (Å²) in [6, 6.07) is 11.5.